The Hall–Kier alpha value is -3.03. The van der Waals surface area contributed by atoms with Gasteiger partial charge in [-0.2, -0.15) is 26.3 Å². The van der Waals surface area contributed by atoms with Gasteiger partial charge in [0, 0.05) is 27.3 Å². The first-order valence-corrected chi connectivity index (χ1v) is 23.5. The SMILES string of the molecule is C[C@@H](O[C@H](C)C(F)(F)F)[C@H](N[S@](=O)C(C)(C)C)c1nc2cc([C@H](NC[C@H](NC(=O)OCc3ccccc3)C(F)(F)F)C3CC3)ccc2n1COCC[Si](C)(C)C. The summed E-state index contributed by atoms with van der Waals surface area (Å²) in [5.41, 5.74) is 2.24. The zero-order valence-electron chi connectivity index (χ0n) is 33.1. The largest absolute Gasteiger partial charge is 0.445 e. The van der Waals surface area contributed by atoms with Crippen LogP contribution in [-0.4, -0.2) is 76.4 Å². The minimum absolute atomic E-state index is 0.0127. The van der Waals surface area contributed by atoms with Crippen molar-refractivity contribution in [2.24, 2.45) is 5.92 Å². The lowest BCUT2D eigenvalue weighted by Gasteiger charge is -2.30. The molecule has 0 bridgehead atoms. The molecule has 4 rings (SSSR count). The number of amides is 1. The third-order valence-electron chi connectivity index (χ3n) is 9.33. The van der Waals surface area contributed by atoms with Crippen molar-refractivity contribution in [1.82, 2.24) is 24.9 Å². The summed E-state index contributed by atoms with van der Waals surface area (Å²) in [5.74, 6) is 0.245. The van der Waals surface area contributed by atoms with Crippen LogP contribution in [0.1, 0.15) is 76.5 Å². The second-order valence-corrected chi connectivity index (χ2v) is 24.1. The summed E-state index contributed by atoms with van der Waals surface area (Å²) in [6.07, 6.45) is -12.4. The monoisotopic (exact) mass is 835 g/mol. The van der Waals surface area contributed by atoms with Crippen LogP contribution in [0.3, 0.4) is 0 Å². The summed E-state index contributed by atoms with van der Waals surface area (Å²) in [4.78, 5) is 17.3. The summed E-state index contributed by atoms with van der Waals surface area (Å²) in [7, 11) is -3.24. The molecule has 1 fully saturated rings. The number of carbonyl (C=O) groups is 1. The summed E-state index contributed by atoms with van der Waals surface area (Å²) in [6.45, 7) is 13.7. The normalized spacial score (nSPS) is 17.6. The van der Waals surface area contributed by atoms with E-state index in [-0.39, 0.29) is 25.1 Å². The van der Waals surface area contributed by atoms with Crippen molar-refractivity contribution >= 4 is 36.2 Å². The first-order valence-electron chi connectivity index (χ1n) is 18.7. The van der Waals surface area contributed by atoms with Gasteiger partial charge < -0.3 is 29.4 Å². The number of hydrogen-bond acceptors (Lipinski definition) is 7. The fraction of sp³-hybridized carbons (Fsp3) is 0.632. The molecular weight excluding hydrogens is 781 g/mol. The number of fused-ring (bicyclic) bond motifs is 1. The van der Waals surface area contributed by atoms with Crippen molar-refractivity contribution < 1.29 is 49.6 Å². The molecule has 56 heavy (non-hydrogen) atoms. The molecule has 1 aromatic heterocycles. The lowest BCUT2D eigenvalue weighted by Crippen LogP contribution is -2.51. The second kappa shape index (κ2) is 18.7. The quantitative estimate of drug-likeness (QED) is 0.0629. The number of nitrogens with zero attached hydrogens (tertiary/aromatic N) is 2. The molecule has 1 heterocycles. The van der Waals surface area contributed by atoms with E-state index in [4.69, 9.17) is 19.2 Å². The van der Waals surface area contributed by atoms with Crippen molar-refractivity contribution in [3.8, 4) is 0 Å². The van der Waals surface area contributed by atoms with Crippen molar-refractivity contribution in [3.05, 3.63) is 65.5 Å². The smallest absolute Gasteiger partial charge is 0.414 e. The van der Waals surface area contributed by atoms with E-state index in [0.29, 0.717) is 28.8 Å². The van der Waals surface area contributed by atoms with E-state index in [1.807, 2.05) is 5.32 Å². The number of nitrogens with one attached hydrogen (secondary N) is 3. The highest BCUT2D eigenvalue weighted by molar-refractivity contribution is 7.84. The predicted octanol–water partition coefficient (Wildman–Crippen LogP) is 8.70. The molecule has 0 saturated heterocycles. The van der Waals surface area contributed by atoms with Gasteiger partial charge >= 0.3 is 18.4 Å². The average molecular weight is 836 g/mol. The van der Waals surface area contributed by atoms with Gasteiger partial charge in [0.1, 0.15) is 31.2 Å². The van der Waals surface area contributed by atoms with Crippen LogP contribution in [0.5, 0.6) is 0 Å². The fourth-order valence-corrected chi connectivity index (χ4v) is 7.42. The van der Waals surface area contributed by atoms with Gasteiger partial charge in [-0.25, -0.2) is 18.7 Å². The Morgan fingerprint density at radius 1 is 1.00 bits per heavy atom. The number of hydrogen-bond donors (Lipinski definition) is 3. The van der Waals surface area contributed by atoms with Gasteiger partial charge in [0.15, 0.2) is 6.10 Å². The maximum atomic E-state index is 14.2. The van der Waals surface area contributed by atoms with Crippen LogP contribution in [0.4, 0.5) is 31.1 Å². The number of carbonyl (C=O) groups excluding carboxylic acids is 1. The van der Waals surface area contributed by atoms with Crippen LogP contribution < -0.4 is 15.4 Å². The van der Waals surface area contributed by atoms with Gasteiger partial charge in [0.2, 0.25) is 0 Å². The number of benzene rings is 2. The molecule has 3 N–H and O–H groups in total. The Labute approximate surface area is 328 Å². The Kier molecular flexibility index (Phi) is 15.2. The van der Waals surface area contributed by atoms with Crippen molar-refractivity contribution in [2.75, 3.05) is 13.2 Å². The molecule has 6 atom stereocenters. The number of aromatic nitrogens is 2. The highest BCUT2D eigenvalue weighted by Crippen LogP contribution is 2.42. The van der Waals surface area contributed by atoms with Crippen LogP contribution in [-0.2, 0) is 38.5 Å². The molecule has 1 saturated carbocycles. The van der Waals surface area contributed by atoms with Crippen LogP contribution in [0.25, 0.3) is 11.0 Å². The number of alkyl carbamates (subject to hydrolysis) is 1. The molecular formula is C38H55F6N5O5SSi. The molecule has 2 aromatic carbocycles. The van der Waals surface area contributed by atoms with Crippen molar-refractivity contribution in [1.29, 1.82) is 0 Å². The molecule has 0 radical (unpaired) electrons. The summed E-state index contributed by atoms with van der Waals surface area (Å²) < 4.78 is 118. The van der Waals surface area contributed by atoms with E-state index in [1.54, 1.807) is 73.9 Å². The van der Waals surface area contributed by atoms with Crippen LogP contribution in [0.2, 0.25) is 25.7 Å². The van der Waals surface area contributed by atoms with E-state index in [2.05, 4.69) is 29.7 Å². The topological polar surface area (TPSA) is 116 Å². The average Bonchev–Trinajstić information content (AvgIpc) is 3.87. The Morgan fingerprint density at radius 3 is 2.23 bits per heavy atom. The number of alkyl halides is 6. The molecule has 1 amide bonds. The van der Waals surface area contributed by atoms with Gasteiger partial charge in [-0.05, 0) is 82.7 Å². The molecule has 1 aliphatic rings. The molecule has 3 aromatic rings. The lowest BCUT2D eigenvalue weighted by molar-refractivity contribution is -0.227. The Morgan fingerprint density at radius 2 is 1.66 bits per heavy atom. The minimum Gasteiger partial charge on any atom is -0.445 e. The molecule has 0 spiro atoms. The molecule has 0 unspecified atom stereocenters. The van der Waals surface area contributed by atoms with Crippen molar-refractivity contribution in [3.63, 3.8) is 0 Å². The predicted molar refractivity (Wildman–Crippen MR) is 207 cm³/mol. The van der Waals surface area contributed by atoms with Crippen molar-refractivity contribution in [2.45, 2.75) is 134 Å². The maximum absolute atomic E-state index is 14.2. The Bertz CT molecular complexity index is 1760. The van der Waals surface area contributed by atoms with E-state index >= 15 is 0 Å². The van der Waals surface area contributed by atoms with E-state index in [9.17, 15) is 35.3 Å². The van der Waals surface area contributed by atoms with E-state index < -0.39 is 79.1 Å². The highest BCUT2D eigenvalue weighted by atomic mass is 32.2. The first kappa shape index (κ1) is 45.7. The van der Waals surface area contributed by atoms with Gasteiger partial charge in [-0.15, -0.1) is 0 Å². The van der Waals surface area contributed by atoms with Crippen LogP contribution in [0.15, 0.2) is 48.5 Å². The van der Waals surface area contributed by atoms with Gasteiger partial charge in [0.05, 0.1) is 32.9 Å². The molecule has 18 heteroatoms. The number of rotatable bonds is 19. The van der Waals surface area contributed by atoms with E-state index in [1.165, 1.54) is 6.92 Å². The van der Waals surface area contributed by atoms with Crippen LogP contribution in [0, 0.1) is 5.92 Å². The maximum Gasteiger partial charge on any atom is 0.414 e. The molecule has 1 aliphatic carbocycles. The number of ether oxygens (including phenoxy) is 3. The second-order valence-electron chi connectivity index (χ2n) is 16.5. The highest BCUT2D eigenvalue weighted by Gasteiger charge is 2.43. The van der Waals surface area contributed by atoms with Gasteiger partial charge in [0.25, 0.3) is 0 Å². The van der Waals surface area contributed by atoms with Gasteiger partial charge in [-0.1, -0.05) is 56.0 Å². The zero-order chi connectivity index (χ0) is 41.6. The van der Waals surface area contributed by atoms with E-state index in [0.717, 1.165) is 25.8 Å². The number of imidazole rings is 1. The summed E-state index contributed by atoms with van der Waals surface area (Å²) in [6, 6.07) is 10.8. The fourth-order valence-electron chi connectivity index (χ4n) is 5.78. The summed E-state index contributed by atoms with van der Waals surface area (Å²) in [5, 5.41) is 4.97. The first-order chi connectivity index (χ1) is 25.9. The third-order valence-corrected chi connectivity index (χ3v) is 12.6. The molecule has 10 nitrogen and oxygen atoms in total. The standard InChI is InChI=1S/C38H55F6N5O5SSi/c1-24(54-25(2)37(39,40)41)32(48-55(51)36(3,4)5)34-46-29-20-28(16-17-30(29)49(34)23-52-18-19-56(6,7)8)33(27-14-15-27)45-21-31(38(42,43)44)47-35(50)53-22-26-12-10-9-11-13-26/h9-13,16-17,20,24-25,27,31-33,45,48H,14-15,18-19,21-23H2,1-8H3,(H,47,50)/t24-,25-,31+,32+,33-,55-/m1/s1. The third kappa shape index (κ3) is 13.5. The number of halogens is 6. The Balaban J connectivity index is 1.66. The van der Waals surface area contributed by atoms with Gasteiger partial charge in [-0.3, -0.25) is 0 Å². The molecule has 0 aliphatic heterocycles. The van der Waals surface area contributed by atoms with Crippen LogP contribution >= 0.6 is 0 Å². The molecule has 314 valence electrons. The zero-order valence-corrected chi connectivity index (χ0v) is 35.0. The summed E-state index contributed by atoms with van der Waals surface area (Å²) >= 11 is 0. The minimum atomic E-state index is -4.78. The lowest BCUT2D eigenvalue weighted by atomic mass is 10.0.